The van der Waals surface area contributed by atoms with Gasteiger partial charge in [-0.3, -0.25) is 0 Å². The lowest BCUT2D eigenvalue weighted by Gasteiger charge is -2.32. The molecule has 1 unspecified atom stereocenters. The highest BCUT2D eigenvalue weighted by Gasteiger charge is 2.18. The quantitative estimate of drug-likeness (QED) is 0.723. The predicted octanol–water partition coefficient (Wildman–Crippen LogP) is 1.88. The summed E-state index contributed by atoms with van der Waals surface area (Å²) in [6.07, 6.45) is 6.91. The highest BCUT2D eigenvalue weighted by Crippen LogP contribution is 2.21. The number of aliphatic hydroxyl groups excluding tert-OH is 1. The minimum Gasteiger partial charge on any atom is -0.396 e. The molecule has 0 bridgehead atoms. The van der Waals surface area contributed by atoms with Crippen molar-refractivity contribution in [1.29, 1.82) is 0 Å². The number of rotatable bonds is 4. The molecule has 0 aromatic heterocycles. The van der Waals surface area contributed by atoms with Crippen LogP contribution >= 0.6 is 0 Å². The average molecular weight is 185 g/mol. The zero-order chi connectivity index (χ0) is 9.68. The van der Waals surface area contributed by atoms with Gasteiger partial charge in [0.1, 0.15) is 0 Å². The maximum atomic E-state index is 8.96. The van der Waals surface area contributed by atoms with Crippen LogP contribution in [0.25, 0.3) is 0 Å². The summed E-state index contributed by atoms with van der Waals surface area (Å²) in [6.45, 7) is 3.47. The van der Waals surface area contributed by atoms with Crippen LogP contribution < -0.4 is 0 Å². The van der Waals surface area contributed by atoms with E-state index >= 15 is 0 Å². The molecule has 1 fully saturated rings. The van der Waals surface area contributed by atoms with Crippen molar-refractivity contribution in [1.82, 2.24) is 4.90 Å². The Hall–Kier alpha value is -0.0800. The topological polar surface area (TPSA) is 23.5 Å². The summed E-state index contributed by atoms with van der Waals surface area (Å²) in [6, 6.07) is 0.780. The second-order valence-electron chi connectivity index (χ2n) is 4.52. The third kappa shape index (κ3) is 3.65. The fourth-order valence-corrected chi connectivity index (χ4v) is 2.22. The van der Waals surface area contributed by atoms with E-state index in [-0.39, 0.29) is 0 Å². The fourth-order valence-electron chi connectivity index (χ4n) is 2.22. The summed E-state index contributed by atoms with van der Waals surface area (Å²) in [5.41, 5.74) is 0. The summed E-state index contributed by atoms with van der Waals surface area (Å²) >= 11 is 0. The molecule has 13 heavy (non-hydrogen) atoms. The van der Waals surface area contributed by atoms with Gasteiger partial charge in [-0.15, -0.1) is 0 Å². The van der Waals surface area contributed by atoms with Crippen LogP contribution in [0.1, 0.15) is 39.0 Å². The minimum atomic E-state index is 0.317. The van der Waals surface area contributed by atoms with E-state index < -0.39 is 0 Å². The van der Waals surface area contributed by atoms with E-state index in [1.807, 2.05) is 0 Å². The predicted molar refractivity (Wildman–Crippen MR) is 55.8 cm³/mol. The molecule has 1 aliphatic carbocycles. The molecule has 0 radical (unpaired) electrons. The van der Waals surface area contributed by atoms with Gasteiger partial charge in [-0.2, -0.15) is 0 Å². The van der Waals surface area contributed by atoms with Crippen LogP contribution in [-0.2, 0) is 0 Å². The number of hydrogen-bond donors (Lipinski definition) is 1. The van der Waals surface area contributed by atoms with Crippen molar-refractivity contribution < 1.29 is 5.11 Å². The summed E-state index contributed by atoms with van der Waals surface area (Å²) in [7, 11) is 2.20. The molecule has 1 aliphatic rings. The molecule has 0 spiro atoms. The van der Waals surface area contributed by atoms with E-state index in [4.69, 9.17) is 5.11 Å². The monoisotopic (exact) mass is 185 g/mol. The normalized spacial score (nSPS) is 22.2. The van der Waals surface area contributed by atoms with Crippen LogP contribution in [0.15, 0.2) is 0 Å². The molecule has 0 amide bonds. The van der Waals surface area contributed by atoms with Gasteiger partial charge in [-0.25, -0.2) is 0 Å². The summed E-state index contributed by atoms with van der Waals surface area (Å²) < 4.78 is 0. The van der Waals surface area contributed by atoms with Gasteiger partial charge in [-0.05, 0) is 25.8 Å². The van der Waals surface area contributed by atoms with E-state index in [9.17, 15) is 0 Å². The smallest absolute Gasteiger partial charge is 0.0468 e. The standard InChI is InChI=1S/C11H23NO/c1-10(9-13)8-12(2)11-6-4-3-5-7-11/h10-11,13H,3-9H2,1-2H3. The zero-order valence-electron chi connectivity index (χ0n) is 9.00. The Labute approximate surface area is 81.9 Å². The maximum Gasteiger partial charge on any atom is 0.0468 e. The first-order chi connectivity index (χ1) is 6.24. The molecular weight excluding hydrogens is 162 g/mol. The first-order valence-corrected chi connectivity index (χ1v) is 5.55. The molecule has 0 aromatic carbocycles. The molecule has 1 atom stereocenters. The largest absolute Gasteiger partial charge is 0.396 e. The van der Waals surface area contributed by atoms with Gasteiger partial charge in [0.25, 0.3) is 0 Å². The molecule has 0 saturated heterocycles. The third-order valence-corrected chi connectivity index (χ3v) is 3.11. The van der Waals surface area contributed by atoms with Crippen LogP contribution in [0.3, 0.4) is 0 Å². The maximum absolute atomic E-state index is 8.96. The molecule has 0 aliphatic heterocycles. The van der Waals surface area contributed by atoms with Gasteiger partial charge in [0, 0.05) is 19.2 Å². The Morgan fingerprint density at radius 3 is 2.46 bits per heavy atom. The van der Waals surface area contributed by atoms with Crippen molar-refractivity contribution in [2.45, 2.75) is 45.1 Å². The molecule has 1 N–H and O–H groups in total. The highest BCUT2D eigenvalue weighted by molar-refractivity contribution is 4.74. The van der Waals surface area contributed by atoms with Gasteiger partial charge in [-0.1, -0.05) is 26.2 Å². The molecule has 2 nitrogen and oxygen atoms in total. The molecule has 1 rings (SSSR count). The Balaban J connectivity index is 2.24. The van der Waals surface area contributed by atoms with Crippen molar-refractivity contribution in [3.8, 4) is 0 Å². The van der Waals surface area contributed by atoms with Crippen molar-refractivity contribution in [3.05, 3.63) is 0 Å². The van der Waals surface area contributed by atoms with Gasteiger partial charge in [0.2, 0.25) is 0 Å². The first-order valence-electron chi connectivity index (χ1n) is 5.55. The van der Waals surface area contributed by atoms with E-state index in [0.29, 0.717) is 12.5 Å². The Morgan fingerprint density at radius 2 is 1.92 bits per heavy atom. The Bertz CT molecular complexity index is 132. The van der Waals surface area contributed by atoms with E-state index in [0.717, 1.165) is 12.6 Å². The lowest BCUT2D eigenvalue weighted by Crippen LogP contribution is -2.37. The molecule has 2 heteroatoms. The SMILES string of the molecule is CC(CO)CN(C)C1CCCCC1. The molecule has 1 saturated carbocycles. The lowest BCUT2D eigenvalue weighted by molar-refractivity contribution is 0.139. The number of nitrogens with zero attached hydrogens (tertiary/aromatic N) is 1. The van der Waals surface area contributed by atoms with Crippen LogP contribution in [0.2, 0.25) is 0 Å². The van der Waals surface area contributed by atoms with E-state index in [2.05, 4.69) is 18.9 Å². The Kier molecular flexibility index (Phi) is 4.74. The molecule has 78 valence electrons. The van der Waals surface area contributed by atoms with Gasteiger partial charge in [0.15, 0.2) is 0 Å². The zero-order valence-corrected chi connectivity index (χ0v) is 9.00. The third-order valence-electron chi connectivity index (χ3n) is 3.11. The molecule has 0 aromatic rings. The number of hydrogen-bond acceptors (Lipinski definition) is 2. The van der Waals surface area contributed by atoms with E-state index in [1.54, 1.807) is 0 Å². The molecular formula is C11H23NO. The van der Waals surface area contributed by atoms with Gasteiger partial charge >= 0.3 is 0 Å². The van der Waals surface area contributed by atoms with Crippen molar-refractivity contribution >= 4 is 0 Å². The second kappa shape index (κ2) is 5.61. The van der Waals surface area contributed by atoms with Crippen LogP contribution in [0, 0.1) is 5.92 Å². The highest BCUT2D eigenvalue weighted by atomic mass is 16.3. The second-order valence-corrected chi connectivity index (χ2v) is 4.52. The van der Waals surface area contributed by atoms with Crippen LogP contribution in [0.5, 0.6) is 0 Å². The summed E-state index contributed by atoms with van der Waals surface area (Å²) in [5.74, 6) is 0.423. The molecule has 0 heterocycles. The van der Waals surface area contributed by atoms with Crippen LogP contribution in [0.4, 0.5) is 0 Å². The van der Waals surface area contributed by atoms with Crippen molar-refractivity contribution in [2.24, 2.45) is 5.92 Å². The fraction of sp³-hybridized carbons (Fsp3) is 1.00. The summed E-state index contributed by atoms with van der Waals surface area (Å²) in [4.78, 5) is 2.43. The van der Waals surface area contributed by atoms with Gasteiger partial charge < -0.3 is 10.0 Å². The van der Waals surface area contributed by atoms with Crippen molar-refractivity contribution in [3.63, 3.8) is 0 Å². The summed E-state index contributed by atoms with van der Waals surface area (Å²) in [5, 5.41) is 8.96. The average Bonchev–Trinajstić information content (AvgIpc) is 2.19. The lowest BCUT2D eigenvalue weighted by atomic mass is 9.94. The van der Waals surface area contributed by atoms with Crippen molar-refractivity contribution in [2.75, 3.05) is 20.2 Å². The van der Waals surface area contributed by atoms with Crippen LogP contribution in [-0.4, -0.2) is 36.2 Å². The first kappa shape index (κ1) is 11.0. The van der Waals surface area contributed by atoms with Gasteiger partial charge in [0.05, 0.1) is 0 Å². The Morgan fingerprint density at radius 1 is 1.31 bits per heavy atom. The minimum absolute atomic E-state index is 0.317. The van der Waals surface area contributed by atoms with E-state index in [1.165, 1.54) is 32.1 Å². The number of aliphatic hydroxyl groups is 1.